The Morgan fingerprint density at radius 3 is 2.35 bits per heavy atom. The zero-order valence-corrected chi connectivity index (χ0v) is 22.8. The van der Waals surface area contributed by atoms with Crippen molar-refractivity contribution >= 4 is 40.0 Å². The van der Waals surface area contributed by atoms with Gasteiger partial charge in [-0.2, -0.15) is 0 Å². The van der Waals surface area contributed by atoms with Gasteiger partial charge in [0.25, 0.3) is 0 Å². The van der Waals surface area contributed by atoms with E-state index in [4.69, 9.17) is 4.99 Å². The SMILES string of the molecule is CCNC(=NCc1ccccc1CS(=O)(=O)NC(C)C)NC1CN(C(C)C)CC1C.I. The van der Waals surface area contributed by atoms with Crippen LogP contribution in [0.25, 0.3) is 0 Å². The maximum absolute atomic E-state index is 12.4. The third-order valence-corrected chi connectivity index (χ3v) is 6.85. The van der Waals surface area contributed by atoms with E-state index in [9.17, 15) is 8.42 Å². The van der Waals surface area contributed by atoms with Gasteiger partial charge in [-0.3, -0.25) is 4.90 Å². The molecule has 9 heteroatoms. The minimum Gasteiger partial charge on any atom is -0.357 e. The Morgan fingerprint density at radius 1 is 1.16 bits per heavy atom. The highest BCUT2D eigenvalue weighted by atomic mass is 127. The van der Waals surface area contributed by atoms with Crippen LogP contribution in [0.15, 0.2) is 29.3 Å². The summed E-state index contributed by atoms with van der Waals surface area (Å²) in [6.07, 6.45) is 0. The highest BCUT2D eigenvalue weighted by Crippen LogP contribution is 2.19. The average Bonchev–Trinajstić information content (AvgIpc) is 3.00. The van der Waals surface area contributed by atoms with E-state index in [2.05, 4.69) is 41.0 Å². The van der Waals surface area contributed by atoms with E-state index in [1.807, 2.05) is 45.0 Å². The number of hydrogen-bond donors (Lipinski definition) is 3. The van der Waals surface area contributed by atoms with Crippen LogP contribution in [0.3, 0.4) is 0 Å². The molecular formula is C22H40IN5O2S. The molecule has 1 fully saturated rings. The summed E-state index contributed by atoms with van der Waals surface area (Å²) in [5.41, 5.74) is 1.71. The van der Waals surface area contributed by atoms with E-state index in [0.29, 0.717) is 24.5 Å². The molecule has 0 bridgehead atoms. The van der Waals surface area contributed by atoms with E-state index >= 15 is 0 Å². The first-order valence-electron chi connectivity index (χ1n) is 11.0. The van der Waals surface area contributed by atoms with E-state index in [1.165, 1.54) is 0 Å². The summed E-state index contributed by atoms with van der Waals surface area (Å²) < 4.78 is 27.4. The van der Waals surface area contributed by atoms with Gasteiger partial charge in [0, 0.05) is 37.8 Å². The number of nitrogens with one attached hydrogen (secondary N) is 3. The third kappa shape index (κ3) is 9.23. The molecule has 0 saturated carbocycles. The molecule has 1 aliphatic heterocycles. The van der Waals surface area contributed by atoms with Gasteiger partial charge in [-0.15, -0.1) is 24.0 Å². The van der Waals surface area contributed by atoms with Crippen LogP contribution in [0.1, 0.15) is 52.7 Å². The lowest BCUT2D eigenvalue weighted by Gasteiger charge is -2.22. The van der Waals surface area contributed by atoms with Gasteiger partial charge in [-0.05, 0) is 51.7 Å². The number of hydrogen-bond acceptors (Lipinski definition) is 4. The lowest BCUT2D eigenvalue weighted by atomic mass is 10.1. The molecule has 0 spiro atoms. The second-order valence-electron chi connectivity index (χ2n) is 8.77. The molecule has 1 aromatic carbocycles. The molecule has 7 nitrogen and oxygen atoms in total. The second-order valence-corrected chi connectivity index (χ2v) is 10.5. The number of benzene rings is 1. The van der Waals surface area contributed by atoms with Gasteiger partial charge in [0.1, 0.15) is 0 Å². The van der Waals surface area contributed by atoms with Crippen LogP contribution in [-0.2, 0) is 22.3 Å². The molecule has 2 rings (SSSR count). The van der Waals surface area contributed by atoms with Crippen LogP contribution >= 0.6 is 24.0 Å². The fourth-order valence-corrected chi connectivity index (χ4v) is 5.22. The van der Waals surface area contributed by atoms with Crippen LogP contribution in [-0.4, -0.2) is 57.0 Å². The monoisotopic (exact) mass is 565 g/mol. The van der Waals surface area contributed by atoms with Gasteiger partial charge in [0.2, 0.25) is 10.0 Å². The zero-order valence-electron chi connectivity index (χ0n) is 19.7. The Bertz CT molecular complexity index is 814. The lowest BCUT2D eigenvalue weighted by molar-refractivity contribution is 0.265. The number of sulfonamides is 1. The molecule has 0 aliphatic carbocycles. The lowest BCUT2D eigenvalue weighted by Crippen LogP contribution is -2.46. The van der Waals surface area contributed by atoms with Crippen molar-refractivity contribution in [3.8, 4) is 0 Å². The fraction of sp³-hybridized carbons (Fsp3) is 0.682. The highest BCUT2D eigenvalue weighted by Gasteiger charge is 2.31. The van der Waals surface area contributed by atoms with Gasteiger partial charge in [-0.25, -0.2) is 18.1 Å². The van der Waals surface area contributed by atoms with Gasteiger partial charge in [0.05, 0.1) is 12.3 Å². The zero-order chi connectivity index (χ0) is 22.3. The van der Waals surface area contributed by atoms with Crippen molar-refractivity contribution in [3.05, 3.63) is 35.4 Å². The Morgan fingerprint density at radius 2 is 1.81 bits per heavy atom. The molecule has 1 saturated heterocycles. The molecule has 0 amide bonds. The van der Waals surface area contributed by atoms with Crippen molar-refractivity contribution in [1.29, 1.82) is 0 Å². The van der Waals surface area contributed by atoms with E-state index in [0.717, 1.165) is 36.7 Å². The van der Waals surface area contributed by atoms with Gasteiger partial charge >= 0.3 is 0 Å². The number of nitrogens with zero attached hydrogens (tertiary/aromatic N) is 2. The van der Waals surface area contributed by atoms with Crippen LogP contribution in [0.4, 0.5) is 0 Å². The molecule has 2 atom stereocenters. The maximum atomic E-state index is 12.4. The summed E-state index contributed by atoms with van der Waals surface area (Å²) in [4.78, 5) is 7.24. The number of rotatable bonds is 9. The number of guanidine groups is 1. The normalized spacial score (nSPS) is 20.2. The summed E-state index contributed by atoms with van der Waals surface area (Å²) in [5.74, 6) is 1.28. The van der Waals surface area contributed by atoms with E-state index in [1.54, 1.807) is 0 Å². The fourth-order valence-electron chi connectivity index (χ4n) is 3.73. The van der Waals surface area contributed by atoms with Crippen LogP contribution in [0.2, 0.25) is 0 Å². The Labute approximate surface area is 205 Å². The minimum absolute atomic E-state index is 0. The predicted molar refractivity (Wildman–Crippen MR) is 140 cm³/mol. The summed E-state index contributed by atoms with van der Waals surface area (Å²) in [6, 6.07) is 8.37. The maximum Gasteiger partial charge on any atom is 0.216 e. The van der Waals surface area contributed by atoms with Gasteiger partial charge in [-0.1, -0.05) is 31.2 Å². The van der Waals surface area contributed by atoms with Crippen molar-refractivity contribution in [2.45, 2.75) is 72.0 Å². The standard InChI is InChI=1S/C22H39N5O2S.HI/c1-7-23-22(25-21-14-27(17(4)5)13-18(21)6)24-12-19-10-8-9-11-20(19)15-30(28,29)26-16(2)3;/h8-11,16-18,21,26H,7,12-15H2,1-6H3,(H2,23,24,25);1H. The first-order chi connectivity index (χ1) is 14.1. The summed E-state index contributed by atoms with van der Waals surface area (Å²) in [7, 11) is -3.38. The second kappa shape index (κ2) is 13.0. The van der Waals surface area contributed by atoms with Gasteiger partial charge in [0.15, 0.2) is 5.96 Å². The van der Waals surface area contributed by atoms with Crippen LogP contribution < -0.4 is 15.4 Å². The predicted octanol–water partition coefficient (Wildman–Crippen LogP) is 2.92. The Balaban J connectivity index is 0.00000480. The van der Waals surface area contributed by atoms with E-state index in [-0.39, 0.29) is 35.8 Å². The Kier molecular flexibility index (Phi) is 11.8. The molecule has 178 valence electrons. The molecule has 31 heavy (non-hydrogen) atoms. The van der Waals surface area contributed by atoms with Crippen LogP contribution in [0, 0.1) is 5.92 Å². The topological polar surface area (TPSA) is 85.8 Å². The van der Waals surface area contributed by atoms with Gasteiger partial charge < -0.3 is 10.6 Å². The molecule has 1 heterocycles. The van der Waals surface area contributed by atoms with E-state index < -0.39 is 10.0 Å². The quantitative estimate of drug-likeness (QED) is 0.244. The first kappa shape index (κ1) is 28.1. The summed E-state index contributed by atoms with van der Waals surface area (Å²) >= 11 is 0. The molecule has 0 radical (unpaired) electrons. The molecule has 1 aliphatic rings. The Hall–Kier alpha value is -0.910. The smallest absolute Gasteiger partial charge is 0.216 e. The van der Waals surface area contributed by atoms with Crippen molar-refractivity contribution in [3.63, 3.8) is 0 Å². The molecule has 1 aromatic rings. The third-order valence-electron chi connectivity index (χ3n) is 5.32. The van der Waals surface area contributed by atoms with Crippen molar-refractivity contribution in [2.75, 3.05) is 19.6 Å². The summed E-state index contributed by atoms with van der Waals surface area (Å²) in [6.45, 7) is 15.7. The number of aliphatic imine (C=N–C) groups is 1. The molecule has 3 N–H and O–H groups in total. The largest absolute Gasteiger partial charge is 0.357 e. The summed E-state index contributed by atoms with van der Waals surface area (Å²) in [5, 5.41) is 6.91. The highest BCUT2D eigenvalue weighted by molar-refractivity contribution is 14.0. The van der Waals surface area contributed by atoms with Crippen LogP contribution in [0.5, 0.6) is 0 Å². The molecule has 0 aromatic heterocycles. The number of likely N-dealkylation sites (tertiary alicyclic amines) is 1. The number of halogens is 1. The van der Waals surface area contributed by atoms with Crippen molar-refractivity contribution in [1.82, 2.24) is 20.3 Å². The first-order valence-corrected chi connectivity index (χ1v) is 12.6. The van der Waals surface area contributed by atoms with Crippen molar-refractivity contribution < 1.29 is 8.42 Å². The van der Waals surface area contributed by atoms with Crippen molar-refractivity contribution in [2.24, 2.45) is 10.9 Å². The molecule has 2 unspecified atom stereocenters. The molecular weight excluding hydrogens is 525 g/mol. The average molecular weight is 566 g/mol. The minimum atomic E-state index is -3.38.